The molecule has 15 heavy (non-hydrogen) atoms. The van der Waals surface area contributed by atoms with Gasteiger partial charge in [-0.2, -0.15) is 5.10 Å². The lowest BCUT2D eigenvalue weighted by molar-refractivity contribution is 0.171. The van der Waals surface area contributed by atoms with Crippen LogP contribution in [0.3, 0.4) is 0 Å². The maximum Gasteiger partial charge on any atom is 0.253 e. The van der Waals surface area contributed by atoms with E-state index in [1.807, 2.05) is 0 Å². The Labute approximate surface area is 87.4 Å². The standard InChI is InChI=1S/C9H13N3O3/c1-4-5-15-10-6-14-8-7(2)11-12(3)9(8)13/h4,6,13H,1,5H2,2-3H3. The normalized spacial score (nSPS) is 10.5. The van der Waals surface area contributed by atoms with Crippen LogP contribution in [0.2, 0.25) is 0 Å². The van der Waals surface area contributed by atoms with Crippen molar-refractivity contribution >= 4 is 6.40 Å². The first-order valence-corrected chi connectivity index (χ1v) is 4.30. The van der Waals surface area contributed by atoms with E-state index >= 15 is 0 Å². The summed E-state index contributed by atoms with van der Waals surface area (Å²) in [6, 6.07) is 0. The van der Waals surface area contributed by atoms with E-state index in [1.54, 1.807) is 20.0 Å². The Morgan fingerprint density at radius 2 is 2.40 bits per heavy atom. The fourth-order valence-electron chi connectivity index (χ4n) is 0.965. The van der Waals surface area contributed by atoms with E-state index in [1.165, 1.54) is 4.68 Å². The Balaban J connectivity index is 2.57. The van der Waals surface area contributed by atoms with Crippen LogP contribution in [0.15, 0.2) is 17.8 Å². The summed E-state index contributed by atoms with van der Waals surface area (Å²) >= 11 is 0. The molecule has 0 unspecified atom stereocenters. The van der Waals surface area contributed by atoms with Crippen LogP contribution in [0.25, 0.3) is 0 Å². The molecule has 0 atom stereocenters. The molecule has 1 heterocycles. The van der Waals surface area contributed by atoms with Crippen molar-refractivity contribution in [2.75, 3.05) is 6.61 Å². The molecular formula is C9H13N3O3. The largest absolute Gasteiger partial charge is 0.491 e. The van der Waals surface area contributed by atoms with Crippen LogP contribution < -0.4 is 4.74 Å². The van der Waals surface area contributed by atoms with Crippen LogP contribution >= 0.6 is 0 Å². The van der Waals surface area contributed by atoms with Crippen molar-refractivity contribution in [2.24, 2.45) is 12.2 Å². The van der Waals surface area contributed by atoms with Crippen molar-refractivity contribution in [3.63, 3.8) is 0 Å². The minimum atomic E-state index is -0.0531. The minimum absolute atomic E-state index is 0.0531. The lowest BCUT2D eigenvalue weighted by atomic mass is 10.4. The van der Waals surface area contributed by atoms with Gasteiger partial charge in [0.1, 0.15) is 12.3 Å². The molecule has 0 saturated carbocycles. The molecular weight excluding hydrogens is 198 g/mol. The number of hydrogen-bond acceptors (Lipinski definition) is 5. The molecule has 0 aromatic carbocycles. The smallest absolute Gasteiger partial charge is 0.253 e. The zero-order chi connectivity index (χ0) is 11.3. The molecule has 6 heteroatoms. The zero-order valence-corrected chi connectivity index (χ0v) is 8.67. The van der Waals surface area contributed by atoms with E-state index in [-0.39, 0.29) is 11.6 Å². The number of aromatic hydroxyl groups is 1. The van der Waals surface area contributed by atoms with Crippen molar-refractivity contribution in [1.29, 1.82) is 0 Å². The van der Waals surface area contributed by atoms with Crippen LogP contribution in [0.1, 0.15) is 5.69 Å². The van der Waals surface area contributed by atoms with Gasteiger partial charge < -0.3 is 14.7 Å². The highest BCUT2D eigenvalue weighted by Gasteiger charge is 2.12. The molecule has 82 valence electrons. The Kier molecular flexibility index (Phi) is 3.73. The van der Waals surface area contributed by atoms with E-state index in [0.29, 0.717) is 12.3 Å². The van der Waals surface area contributed by atoms with Crippen molar-refractivity contribution in [2.45, 2.75) is 6.92 Å². The minimum Gasteiger partial charge on any atom is -0.491 e. The summed E-state index contributed by atoms with van der Waals surface area (Å²) in [5.74, 6) is 0.214. The SMILES string of the molecule is C=CCON=COc1c(C)nn(C)c1O. The maximum atomic E-state index is 9.48. The maximum absolute atomic E-state index is 9.48. The third-order valence-corrected chi connectivity index (χ3v) is 1.62. The molecule has 1 aromatic heterocycles. The second kappa shape index (κ2) is 5.04. The molecule has 0 aliphatic carbocycles. The summed E-state index contributed by atoms with van der Waals surface area (Å²) in [6.45, 7) is 5.47. The highest BCUT2D eigenvalue weighted by atomic mass is 16.6. The summed E-state index contributed by atoms with van der Waals surface area (Å²) in [5, 5.41) is 16.9. The summed E-state index contributed by atoms with van der Waals surface area (Å²) in [5.41, 5.74) is 0.574. The van der Waals surface area contributed by atoms with E-state index in [4.69, 9.17) is 9.57 Å². The third kappa shape index (κ3) is 2.73. The fraction of sp³-hybridized carbons (Fsp3) is 0.333. The van der Waals surface area contributed by atoms with Crippen LogP contribution in [0.5, 0.6) is 11.6 Å². The lowest BCUT2D eigenvalue weighted by Crippen LogP contribution is -1.92. The van der Waals surface area contributed by atoms with Crippen LogP contribution in [-0.2, 0) is 11.9 Å². The number of nitrogens with zero attached hydrogens (tertiary/aromatic N) is 3. The molecule has 1 N–H and O–H groups in total. The number of aromatic nitrogens is 2. The molecule has 0 bridgehead atoms. The number of oxime groups is 1. The van der Waals surface area contributed by atoms with Crippen molar-refractivity contribution in [3.05, 3.63) is 18.3 Å². The average molecular weight is 211 g/mol. The van der Waals surface area contributed by atoms with E-state index in [0.717, 1.165) is 6.40 Å². The van der Waals surface area contributed by atoms with Gasteiger partial charge in [-0.25, -0.2) is 4.68 Å². The van der Waals surface area contributed by atoms with Gasteiger partial charge >= 0.3 is 0 Å². The topological polar surface area (TPSA) is 68.9 Å². The van der Waals surface area contributed by atoms with E-state index < -0.39 is 0 Å². The Morgan fingerprint density at radius 3 is 2.93 bits per heavy atom. The van der Waals surface area contributed by atoms with Gasteiger partial charge in [0.15, 0.2) is 0 Å². The Hall–Kier alpha value is -1.98. The van der Waals surface area contributed by atoms with Crippen molar-refractivity contribution < 1.29 is 14.7 Å². The molecule has 1 rings (SSSR count). The Bertz CT molecular complexity index is 371. The second-order valence-corrected chi connectivity index (χ2v) is 2.77. The first-order valence-electron chi connectivity index (χ1n) is 4.30. The highest BCUT2D eigenvalue weighted by Crippen LogP contribution is 2.27. The number of rotatable bonds is 5. The fourth-order valence-corrected chi connectivity index (χ4v) is 0.965. The van der Waals surface area contributed by atoms with Gasteiger partial charge in [0, 0.05) is 7.05 Å². The average Bonchev–Trinajstić information content (AvgIpc) is 2.44. The summed E-state index contributed by atoms with van der Waals surface area (Å²) < 4.78 is 6.36. The van der Waals surface area contributed by atoms with Gasteiger partial charge in [-0.05, 0) is 6.92 Å². The first kappa shape index (κ1) is 11.1. The van der Waals surface area contributed by atoms with Crippen molar-refractivity contribution in [1.82, 2.24) is 9.78 Å². The summed E-state index contributed by atoms with van der Waals surface area (Å²) in [6.07, 6.45) is 2.65. The van der Waals surface area contributed by atoms with Gasteiger partial charge in [0.2, 0.25) is 12.2 Å². The molecule has 0 aliphatic heterocycles. The molecule has 0 fully saturated rings. The van der Waals surface area contributed by atoms with Gasteiger partial charge in [0.05, 0.1) is 0 Å². The highest BCUT2D eigenvalue weighted by molar-refractivity contribution is 5.54. The summed E-state index contributed by atoms with van der Waals surface area (Å²) in [7, 11) is 1.61. The number of aryl methyl sites for hydroxylation is 2. The van der Waals surface area contributed by atoms with Gasteiger partial charge in [-0.1, -0.05) is 17.8 Å². The zero-order valence-electron chi connectivity index (χ0n) is 8.67. The van der Waals surface area contributed by atoms with Gasteiger partial charge in [0.25, 0.3) is 5.88 Å². The van der Waals surface area contributed by atoms with Gasteiger partial charge in [-0.3, -0.25) is 0 Å². The number of hydrogen-bond donors (Lipinski definition) is 1. The monoisotopic (exact) mass is 211 g/mol. The predicted octanol–water partition coefficient (Wildman–Crippen LogP) is 0.959. The molecule has 0 aliphatic rings. The quantitative estimate of drug-likeness (QED) is 0.259. The molecule has 0 saturated heterocycles. The predicted molar refractivity (Wildman–Crippen MR) is 54.9 cm³/mol. The first-order chi connectivity index (χ1) is 7.16. The van der Waals surface area contributed by atoms with E-state index in [2.05, 4.69) is 16.8 Å². The van der Waals surface area contributed by atoms with Crippen LogP contribution in [0, 0.1) is 6.92 Å². The van der Waals surface area contributed by atoms with Crippen LogP contribution in [-0.4, -0.2) is 27.9 Å². The molecule has 1 aromatic rings. The third-order valence-electron chi connectivity index (χ3n) is 1.62. The molecule has 0 spiro atoms. The number of ether oxygens (including phenoxy) is 1. The van der Waals surface area contributed by atoms with Gasteiger partial charge in [-0.15, -0.1) is 0 Å². The van der Waals surface area contributed by atoms with Crippen LogP contribution in [0.4, 0.5) is 0 Å². The Morgan fingerprint density at radius 1 is 1.67 bits per heavy atom. The lowest BCUT2D eigenvalue weighted by Gasteiger charge is -1.97. The second-order valence-electron chi connectivity index (χ2n) is 2.77. The van der Waals surface area contributed by atoms with E-state index in [9.17, 15) is 5.11 Å². The van der Waals surface area contributed by atoms with Crippen molar-refractivity contribution in [3.8, 4) is 11.6 Å². The molecule has 0 amide bonds. The molecule has 0 radical (unpaired) electrons. The molecule has 6 nitrogen and oxygen atoms in total. The summed E-state index contributed by atoms with van der Waals surface area (Å²) in [4.78, 5) is 4.71.